The number of fused-ring (bicyclic) bond motifs is 1. The minimum atomic E-state index is -0.538. The van der Waals surface area contributed by atoms with Crippen molar-refractivity contribution in [3.63, 3.8) is 0 Å². The van der Waals surface area contributed by atoms with Crippen LogP contribution in [-0.2, 0) is 29.5 Å². The Labute approximate surface area is 295 Å². The van der Waals surface area contributed by atoms with Crippen LogP contribution in [0.15, 0.2) is 54.7 Å². The van der Waals surface area contributed by atoms with E-state index in [2.05, 4.69) is 52.1 Å². The van der Waals surface area contributed by atoms with E-state index in [1.54, 1.807) is 17.2 Å². The van der Waals surface area contributed by atoms with Gasteiger partial charge in [-0.3, -0.25) is 14.7 Å². The van der Waals surface area contributed by atoms with Gasteiger partial charge in [-0.25, -0.2) is 9.78 Å². The van der Waals surface area contributed by atoms with Crippen LogP contribution in [0.3, 0.4) is 0 Å². The monoisotopic (exact) mass is 681 g/mol. The molecule has 0 aliphatic carbocycles. The number of amides is 1. The number of nitrogens with zero attached hydrogens (tertiary/aromatic N) is 6. The Morgan fingerprint density at radius 2 is 1.64 bits per heavy atom. The number of aryl methyl sites for hydroxylation is 2. The van der Waals surface area contributed by atoms with Gasteiger partial charge >= 0.3 is 6.09 Å². The molecule has 0 atom stereocenters. The molecule has 2 saturated heterocycles. The summed E-state index contributed by atoms with van der Waals surface area (Å²) in [5.41, 5.74) is 5.55. The topological polar surface area (TPSA) is 105 Å². The molecule has 2 aliphatic heterocycles. The van der Waals surface area contributed by atoms with Crippen LogP contribution in [0.25, 0.3) is 11.0 Å². The summed E-state index contributed by atoms with van der Waals surface area (Å²) in [5.74, 6) is 2.06. The van der Waals surface area contributed by atoms with Crippen molar-refractivity contribution >= 4 is 34.5 Å². The first kappa shape index (κ1) is 35.3. The van der Waals surface area contributed by atoms with E-state index in [1.807, 2.05) is 56.7 Å². The fourth-order valence-electron chi connectivity index (χ4n) is 6.72. The fourth-order valence-corrected chi connectivity index (χ4v) is 6.72. The summed E-state index contributed by atoms with van der Waals surface area (Å²) < 4.78 is 13.8. The van der Waals surface area contributed by atoms with Gasteiger partial charge in [0.05, 0.1) is 16.7 Å². The highest BCUT2D eigenvalue weighted by Crippen LogP contribution is 2.30. The zero-order valence-electron chi connectivity index (χ0n) is 30.4. The Kier molecular flexibility index (Phi) is 10.7. The molecule has 4 aromatic rings. The van der Waals surface area contributed by atoms with Crippen molar-refractivity contribution in [2.45, 2.75) is 66.0 Å². The molecule has 2 aromatic heterocycles. The lowest BCUT2D eigenvalue weighted by Gasteiger charge is -2.34. The second kappa shape index (κ2) is 15.2. The Hall–Kier alpha value is -4.48. The number of aromatic nitrogens is 3. The Morgan fingerprint density at radius 3 is 2.34 bits per heavy atom. The number of likely N-dealkylation sites (N-methyl/N-ethyl adjacent to an activating group) is 1. The molecule has 0 saturated carbocycles. The molecule has 2 aromatic carbocycles. The third-order valence-electron chi connectivity index (χ3n) is 9.74. The molecular formula is C39H51N7O4. The second-order valence-corrected chi connectivity index (χ2v) is 14.6. The quantitative estimate of drug-likeness (QED) is 0.196. The summed E-state index contributed by atoms with van der Waals surface area (Å²) >= 11 is 0. The van der Waals surface area contributed by atoms with E-state index in [4.69, 9.17) is 14.5 Å². The van der Waals surface area contributed by atoms with Crippen LogP contribution >= 0.6 is 0 Å². The van der Waals surface area contributed by atoms with Crippen LogP contribution in [0, 0.1) is 12.8 Å². The molecule has 1 amide bonds. The summed E-state index contributed by atoms with van der Waals surface area (Å²) in [7, 11) is 1.99. The van der Waals surface area contributed by atoms with Gasteiger partial charge in [-0.15, -0.1) is 0 Å². The number of pyridine rings is 1. The molecule has 0 spiro atoms. The zero-order valence-corrected chi connectivity index (χ0v) is 30.4. The highest BCUT2D eigenvalue weighted by atomic mass is 16.6. The second-order valence-electron chi connectivity index (χ2n) is 14.6. The van der Waals surface area contributed by atoms with Crippen LogP contribution < -0.4 is 10.1 Å². The number of ether oxygens (including phenoxy) is 2. The number of hydrogen-bond donors (Lipinski definition) is 1. The number of piperidine rings is 1. The minimum Gasteiger partial charge on any atom is -0.457 e. The average Bonchev–Trinajstić information content (AvgIpc) is 3.39. The number of benzene rings is 2. The summed E-state index contributed by atoms with van der Waals surface area (Å²) in [5, 5.41) is 3.51. The maximum absolute atomic E-state index is 13.2. The number of rotatable bonds is 10. The number of likely N-dealkylation sites (tertiary alicyclic amines) is 1. The largest absolute Gasteiger partial charge is 0.457 e. The third kappa shape index (κ3) is 8.81. The zero-order chi connectivity index (χ0) is 35.4. The number of hydrogen-bond acceptors (Lipinski definition) is 9. The van der Waals surface area contributed by atoms with E-state index in [0.29, 0.717) is 43.1 Å². The molecule has 0 radical (unpaired) electrons. The summed E-state index contributed by atoms with van der Waals surface area (Å²) in [6.45, 7) is 17.6. The predicted molar refractivity (Wildman–Crippen MR) is 196 cm³/mol. The fraction of sp³-hybridized carbons (Fsp3) is 0.487. The molecule has 0 unspecified atom stereocenters. The average molecular weight is 682 g/mol. The van der Waals surface area contributed by atoms with E-state index < -0.39 is 5.60 Å². The van der Waals surface area contributed by atoms with Gasteiger partial charge in [0.2, 0.25) is 5.95 Å². The highest BCUT2D eigenvalue weighted by molar-refractivity contribution is 5.83. The molecule has 50 heavy (non-hydrogen) atoms. The van der Waals surface area contributed by atoms with E-state index >= 15 is 0 Å². The Bertz CT molecular complexity index is 1810. The van der Waals surface area contributed by atoms with Gasteiger partial charge in [-0.1, -0.05) is 13.0 Å². The van der Waals surface area contributed by atoms with E-state index in [-0.39, 0.29) is 24.2 Å². The summed E-state index contributed by atoms with van der Waals surface area (Å²) in [6, 6.07) is 16.0. The van der Waals surface area contributed by atoms with Crippen molar-refractivity contribution in [2.24, 2.45) is 13.0 Å². The number of ketones is 1. The van der Waals surface area contributed by atoms with Crippen molar-refractivity contribution in [1.82, 2.24) is 29.2 Å². The number of anilines is 2. The molecule has 4 heterocycles. The normalized spacial score (nSPS) is 16.5. The van der Waals surface area contributed by atoms with Crippen LogP contribution in [0.4, 0.5) is 16.4 Å². The predicted octanol–water partition coefficient (Wildman–Crippen LogP) is 6.71. The maximum Gasteiger partial charge on any atom is 0.410 e. The van der Waals surface area contributed by atoms with Crippen LogP contribution in [0.5, 0.6) is 11.5 Å². The van der Waals surface area contributed by atoms with Crippen molar-refractivity contribution in [3.05, 3.63) is 71.5 Å². The van der Waals surface area contributed by atoms with Gasteiger partial charge in [-0.05, 0) is 88.5 Å². The molecule has 6 rings (SSSR count). The minimum absolute atomic E-state index is 0.108. The van der Waals surface area contributed by atoms with E-state index in [0.717, 1.165) is 61.9 Å². The standard InChI is InChI=1S/C39H51N7O4/c1-7-44-18-20-45(21-19-44)26-29-8-9-30(22-27(29)2)41-37-42-34-11-10-32(25-35(34)43(37)6)49-33-12-15-40-31(23-33)24-36(47)28-13-16-46(17-14-28)38(48)50-39(3,4)5/h8-12,15,22-23,25,28H,7,13-14,16-21,24,26H2,1-6H3,(H,41,42). The van der Waals surface area contributed by atoms with Crippen LogP contribution in [-0.4, -0.2) is 92.5 Å². The van der Waals surface area contributed by atoms with Crippen molar-refractivity contribution in [2.75, 3.05) is 51.1 Å². The highest BCUT2D eigenvalue weighted by Gasteiger charge is 2.30. The van der Waals surface area contributed by atoms with Gasteiger partial charge in [0.15, 0.2) is 0 Å². The third-order valence-corrected chi connectivity index (χ3v) is 9.74. The first-order valence-corrected chi connectivity index (χ1v) is 17.8. The molecule has 2 aliphatic rings. The smallest absolute Gasteiger partial charge is 0.410 e. The van der Waals surface area contributed by atoms with Gasteiger partial charge in [-0.2, -0.15) is 0 Å². The number of carbonyl (C=O) groups excluding carboxylic acids is 2. The maximum atomic E-state index is 13.2. The van der Waals surface area contributed by atoms with Crippen LogP contribution in [0.1, 0.15) is 57.4 Å². The van der Waals surface area contributed by atoms with Gasteiger partial charge in [0.25, 0.3) is 0 Å². The lowest BCUT2D eigenvalue weighted by atomic mass is 9.90. The van der Waals surface area contributed by atoms with Gasteiger partial charge in [0.1, 0.15) is 22.9 Å². The molecular weight excluding hydrogens is 630 g/mol. The lowest BCUT2D eigenvalue weighted by molar-refractivity contribution is -0.123. The van der Waals surface area contributed by atoms with E-state index in [1.165, 1.54) is 11.1 Å². The number of carbonyl (C=O) groups is 2. The van der Waals surface area contributed by atoms with Gasteiger partial charge < -0.3 is 29.2 Å². The Morgan fingerprint density at radius 1 is 0.920 bits per heavy atom. The summed E-state index contributed by atoms with van der Waals surface area (Å²) in [4.78, 5) is 41.6. The molecule has 11 heteroatoms. The molecule has 266 valence electrons. The summed E-state index contributed by atoms with van der Waals surface area (Å²) in [6.07, 6.45) is 2.82. The number of piperazine rings is 1. The van der Waals surface area contributed by atoms with Gasteiger partial charge in [0, 0.05) is 89.2 Å². The lowest BCUT2D eigenvalue weighted by Crippen LogP contribution is -2.45. The van der Waals surface area contributed by atoms with Crippen LogP contribution in [0.2, 0.25) is 0 Å². The number of imidazole rings is 1. The Balaban J connectivity index is 1.05. The molecule has 2 fully saturated rings. The van der Waals surface area contributed by atoms with Crippen molar-refractivity contribution in [3.8, 4) is 11.5 Å². The molecule has 1 N–H and O–H groups in total. The van der Waals surface area contributed by atoms with E-state index in [9.17, 15) is 9.59 Å². The molecule has 11 nitrogen and oxygen atoms in total. The molecule has 0 bridgehead atoms. The first-order chi connectivity index (χ1) is 23.9. The first-order valence-electron chi connectivity index (χ1n) is 17.8. The number of Topliss-reactive ketones (excluding diaryl/α,β-unsaturated/α-hetero) is 1. The van der Waals surface area contributed by atoms with Crippen molar-refractivity contribution < 1.29 is 19.1 Å². The number of nitrogens with one attached hydrogen (secondary N) is 1. The van der Waals surface area contributed by atoms with Crippen molar-refractivity contribution in [1.29, 1.82) is 0 Å². The SMILES string of the molecule is CCN1CCN(Cc2ccc(Nc3nc4ccc(Oc5ccnc(CC(=O)C6CCN(C(=O)OC(C)(C)C)CC6)c5)cc4n3C)cc2C)CC1.